The molecule has 31 heavy (non-hydrogen) atoms. The summed E-state index contributed by atoms with van der Waals surface area (Å²) < 4.78 is 6.26. The van der Waals surface area contributed by atoms with E-state index in [1.807, 2.05) is 24.3 Å². The number of H-pyrrole nitrogens is 1. The summed E-state index contributed by atoms with van der Waals surface area (Å²) in [5.74, 6) is 0.993. The third-order valence-electron chi connectivity index (χ3n) is 5.44. The highest BCUT2D eigenvalue weighted by Gasteiger charge is 2.17. The Morgan fingerprint density at radius 2 is 2.06 bits per heavy atom. The second-order valence-corrected chi connectivity index (χ2v) is 7.51. The van der Waals surface area contributed by atoms with Crippen molar-refractivity contribution in [1.82, 2.24) is 30.8 Å². The number of hydrogen-bond donors (Lipinski definition) is 4. The first-order valence-electron chi connectivity index (χ1n) is 10.3. The number of nitrogens with one attached hydrogen (secondary N) is 4. The van der Waals surface area contributed by atoms with Crippen molar-refractivity contribution in [2.24, 2.45) is 0 Å². The Morgan fingerprint density at radius 3 is 2.90 bits per heavy atom. The van der Waals surface area contributed by atoms with Gasteiger partial charge in [-0.15, -0.1) is 0 Å². The monoisotopic (exact) mass is 417 g/mol. The van der Waals surface area contributed by atoms with E-state index < -0.39 is 0 Å². The number of carbonyl (C=O) groups is 1. The molecule has 0 aliphatic carbocycles. The van der Waals surface area contributed by atoms with Crippen LogP contribution in [0.1, 0.15) is 23.2 Å². The molecule has 0 unspecified atom stereocenters. The predicted octanol–water partition coefficient (Wildman–Crippen LogP) is 2.74. The van der Waals surface area contributed by atoms with Crippen molar-refractivity contribution >= 4 is 39.3 Å². The number of carbonyl (C=O) groups excluding carboxylic acids is 1. The summed E-state index contributed by atoms with van der Waals surface area (Å²) in [5.41, 5.74) is 2.71. The number of hydrogen-bond acceptors (Lipinski definition) is 7. The van der Waals surface area contributed by atoms with Crippen LogP contribution in [0.4, 0.5) is 11.6 Å². The minimum atomic E-state index is -0.188. The lowest BCUT2D eigenvalue weighted by atomic mass is 10.1. The van der Waals surface area contributed by atoms with Gasteiger partial charge in [-0.25, -0.2) is 9.97 Å². The summed E-state index contributed by atoms with van der Waals surface area (Å²) in [6.07, 6.45) is 5.53. The maximum absolute atomic E-state index is 12.3. The molecular weight excluding hydrogens is 394 g/mol. The highest BCUT2D eigenvalue weighted by atomic mass is 16.5. The number of rotatable bonds is 5. The van der Waals surface area contributed by atoms with E-state index in [-0.39, 0.29) is 12.0 Å². The van der Waals surface area contributed by atoms with E-state index in [2.05, 4.69) is 31.1 Å². The number of aromatic amines is 1. The van der Waals surface area contributed by atoms with Gasteiger partial charge >= 0.3 is 0 Å². The topological polar surface area (TPSA) is 117 Å². The molecule has 2 aromatic heterocycles. The zero-order valence-electron chi connectivity index (χ0n) is 17.1. The van der Waals surface area contributed by atoms with Crippen molar-refractivity contribution in [3.05, 3.63) is 48.3 Å². The molecule has 1 saturated heterocycles. The number of benzene rings is 2. The normalized spacial score (nSPS) is 14.6. The molecule has 0 atom stereocenters. The van der Waals surface area contributed by atoms with Gasteiger partial charge in [-0.2, -0.15) is 5.10 Å². The summed E-state index contributed by atoms with van der Waals surface area (Å²) in [7, 11) is 1.60. The minimum Gasteiger partial charge on any atom is -0.488 e. The Kier molecular flexibility index (Phi) is 5.09. The van der Waals surface area contributed by atoms with Crippen molar-refractivity contribution in [2.45, 2.75) is 18.9 Å². The fourth-order valence-electron chi connectivity index (χ4n) is 3.85. The van der Waals surface area contributed by atoms with Crippen molar-refractivity contribution in [3.63, 3.8) is 0 Å². The van der Waals surface area contributed by atoms with E-state index in [1.54, 1.807) is 25.5 Å². The fraction of sp³-hybridized carbons (Fsp3) is 0.273. The Bertz CT molecular complexity index is 1250. The van der Waals surface area contributed by atoms with E-state index >= 15 is 0 Å². The summed E-state index contributed by atoms with van der Waals surface area (Å²) >= 11 is 0. The van der Waals surface area contributed by atoms with Crippen LogP contribution < -0.4 is 20.7 Å². The van der Waals surface area contributed by atoms with Gasteiger partial charge in [0.25, 0.3) is 5.91 Å². The Balaban J connectivity index is 1.48. The molecule has 4 aromatic rings. The van der Waals surface area contributed by atoms with Crippen molar-refractivity contribution < 1.29 is 9.53 Å². The molecule has 0 saturated carbocycles. The largest absolute Gasteiger partial charge is 0.488 e. The van der Waals surface area contributed by atoms with Gasteiger partial charge in [0.05, 0.1) is 17.3 Å². The van der Waals surface area contributed by atoms with Crippen LogP contribution in [0, 0.1) is 0 Å². The summed E-state index contributed by atoms with van der Waals surface area (Å²) in [6, 6.07) is 9.51. The Hall–Kier alpha value is -3.72. The summed E-state index contributed by atoms with van der Waals surface area (Å²) in [4.78, 5) is 21.5. The fourth-order valence-corrected chi connectivity index (χ4v) is 3.85. The molecule has 0 radical (unpaired) electrons. The van der Waals surface area contributed by atoms with Crippen molar-refractivity contribution in [2.75, 3.05) is 25.5 Å². The van der Waals surface area contributed by atoms with E-state index in [4.69, 9.17) is 9.72 Å². The highest BCUT2D eigenvalue weighted by Crippen LogP contribution is 2.28. The number of aromatic nitrogens is 4. The van der Waals surface area contributed by atoms with Gasteiger partial charge in [-0.3, -0.25) is 9.89 Å². The van der Waals surface area contributed by atoms with E-state index in [9.17, 15) is 4.79 Å². The Morgan fingerprint density at radius 1 is 1.19 bits per heavy atom. The molecule has 1 aliphatic heterocycles. The van der Waals surface area contributed by atoms with Gasteiger partial charge < -0.3 is 20.7 Å². The SMILES string of the molecule is CNC(=O)c1cc(Nc2ncc3cccc(OC4CCNCC4)c3n2)cc2[nH]ncc12. The van der Waals surface area contributed by atoms with E-state index in [1.165, 1.54) is 0 Å². The van der Waals surface area contributed by atoms with Gasteiger partial charge in [0.2, 0.25) is 5.95 Å². The average molecular weight is 417 g/mol. The van der Waals surface area contributed by atoms with Gasteiger partial charge in [-0.1, -0.05) is 12.1 Å². The van der Waals surface area contributed by atoms with Gasteiger partial charge in [0.1, 0.15) is 17.4 Å². The van der Waals surface area contributed by atoms with Crippen molar-refractivity contribution in [3.8, 4) is 5.75 Å². The maximum atomic E-state index is 12.3. The molecule has 3 heterocycles. The van der Waals surface area contributed by atoms with E-state index in [0.29, 0.717) is 17.2 Å². The van der Waals surface area contributed by atoms with Crippen LogP contribution in [-0.4, -0.2) is 52.3 Å². The number of amides is 1. The lowest BCUT2D eigenvalue weighted by Crippen LogP contribution is -2.34. The molecular formula is C22H23N7O2. The number of piperidine rings is 1. The number of fused-ring (bicyclic) bond motifs is 2. The number of nitrogens with zero attached hydrogens (tertiary/aromatic N) is 3. The second-order valence-electron chi connectivity index (χ2n) is 7.51. The zero-order chi connectivity index (χ0) is 21.2. The minimum absolute atomic E-state index is 0.177. The first-order valence-corrected chi connectivity index (χ1v) is 10.3. The Labute approximate surface area is 178 Å². The molecule has 5 rings (SSSR count). The first-order chi connectivity index (χ1) is 15.2. The summed E-state index contributed by atoms with van der Waals surface area (Å²) in [5, 5.41) is 17.9. The zero-order valence-corrected chi connectivity index (χ0v) is 17.1. The van der Waals surface area contributed by atoms with Crippen LogP contribution in [0.15, 0.2) is 42.7 Å². The predicted molar refractivity (Wildman–Crippen MR) is 119 cm³/mol. The summed E-state index contributed by atoms with van der Waals surface area (Å²) in [6.45, 7) is 1.92. The lowest BCUT2D eigenvalue weighted by molar-refractivity contribution is 0.0964. The molecule has 158 valence electrons. The third-order valence-corrected chi connectivity index (χ3v) is 5.44. The van der Waals surface area contributed by atoms with Crippen LogP contribution >= 0.6 is 0 Å². The second kappa shape index (κ2) is 8.19. The van der Waals surface area contributed by atoms with Crippen LogP contribution in [0.3, 0.4) is 0 Å². The molecule has 0 bridgehead atoms. The molecule has 2 aromatic carbocycles. The van der Waals surface area contributed by atoms with Crippen LogP contribution in [0.5, 0.6) is 5.75 Å². The van der Waals surface area contributed by atoms with Crippen LogP contribution in [0.25, 0.3) is 21.8 Å². The first kappa shape index (κ1) is 19.3. The number of para-hydroxylation sites is 1. The van der Waals surface area contributed by atoms with Gasteiger partial charge in [-0.05, 0) is 44.1 Å². The quantitative estimate of drug-likeness (QED) is 0.394. The molecule has 4 N–H and O–H groups in total. The molecule has 9 nitrogen and oxygen atoms in total. The van der Waals surface area contributed by atoms with Gasteiger partial charge in [0.15, 0.2) is 0 Å². The van der Waals surface area contributed by atoms with Crippen LogP contribution in [0.2, 0.25) is 0 Å². The van der Waals surface area contributed by atoms with E-state index in [0.717, 1.165) is 53.5 Å². The average Bonchev–Trinajstić information content (AvgIpc) is 3.28. The van der Waals surface area contributed by atoms with Crippen LogP contribution in [-0.2, 0) is 0 Å². The standard InChI is InChI=1S/C22H23N7O2/c1-23-21(30)16-9-14(10-18-17(16)12-26-29-18)27-22-25-11-13-3-2-4-19(20(13)28-22)31-15-5-7-24-8-6-15/h2-4,9-12,15,24H,5-8H2,1H3,(H,23,30)(H,26,29)(H,25,27,28). The number of ether oxygens (including phenoxy) is 1. The molecule has 1 aliphatic rings. The van der Waals surface area contributed by atoms with Crippen molar-refractivity contribution in [1.29, 1.82) is 0 Å². The third kappa shape index (κ3) is 3.87. The smallest absolute Gasteiger partial charge is 0.251 e. The molecule has 1 amide bonds. The number of anilines is 2. The molecule has 0 spiro atoms. The maximum Gasteiger partial charge on any atom is 0.251 e. The lowest BCUT2D eigenvalue weighted by Gasteiger charge is -2.24. The molecule has 1 fully saturated rings. The highest BCUT2D eigenvalue weighted by molar-refractivity contribution is 6.07. The van der Waals surface area contributed by atoms with Gasteiger partial charge in [0, 0.05) is 29.7 Å². The molecule has 9 heteroatoms.